The van der Waals surface area contributed by atoms with Crippen molar-refractivity contribution in [3.05, 3.63) is 47.2 Å². The van der Waals surface area contributed by atoms with Crippen molar-refractivity contribution in [3.8, 4) is 0 Å². The van der Waals surface area contributed by atoms with Crippen LogP contribution in [0.15, 0.2) is 36.5 Å². The highest BCUT2D eigenvalue weighted by Gasteiger charge is 2.22. The lowest BCUT2D eigenvalue weighted by atomic mass is 9.99. The van der Waals surface area contributed by atoms with E-state index in [9.17, 15) is 4.79 Å². The van der Waals surface area contributed by atoms with E-state index in [0.717, 1.165) is 25.9 Å². The SMILES string of the molecule is CC1CCN(C(=O)c2ccnc(Nc3ccccc3Cl)n2)CC1. The number of hydrogen-bond donors (Lipinski definition) is 1. The van der Waals surface area contributed by atoms with Crippen LogP contribution in [-0.2, 0) is 0 Å². The van der Waals surface area contributed by atoms with Crippen LogP contribution in [0, 0.1) is 5.92 Å². The van der Waals surface area contributed by atoms with Crippen molar-refractivity contribution in [2.24, 2.45) is 5.92 Å². The molecule has 0 saturated carbocycles. The van der Waals surface area contributed by atoms with Crippen LogP contribution in [0.2, 0.25) is 5.02 Å². The van der Waals surface area contributed by atoms with Crippen molar-refractivity contribution in [2.45, 2.75) is 19.8 Å². The number of hydrogen-bond acceptors (Lipinski definition) is 4. The molecule has 120 valence electrons. The standard InChI is InChI=1S/C17H19ClN4O/c1-12-7-10-22(11-8-12)16(23)15-6-9-19-17(21-15)20-14-5-3-2-4-13(14)18/h2-6,9,12H,7-8,10-11H2,1H3,(H,19,20,21). The molecule has 1 saturated heterocycles. The Morgan fingerprint density at radius 1 is 1.26 bits per heavy atom. The zero-order valence-corrected chi connectivity index (χ0v) is 13.8. The molecule has 1 amide bonds. The van der Waals surface area contributed by atoms with Crippen LogP contribution in [-0.4, -0.2) is 33.9 Å². The van der Waals surface area contributed by atoms with Crippen LogP contribution < -0.4 is 5.32 Å². The number of carbonyl (C=O) groups excluding carboxylic acids is 1. The second-order valence-corrected chi connectivity index (χ2v) is 6.25. The Balaban J connectivity index is 1.75. The maximum atomic E-state index is 12.6. The van der Waals surface area contributed by atoms with Crippen LogP contribution in [0.3, 0.4) is 0 Å². The number of para-hydroxylation sites is 1. The summed E-state index contributed by atoms with van der Waals surface area (Å²) in [5, 5.41) is 3.63. The average Bonchev–Trinajstić information content (AvgIpc) is 2.57. The van der Waals surface area contributed by atoms with Crippen LogP contribution in [0.5, 0.6) is 0 Å². The van der Waals surface area contributed by atoms with Crippen LogP contribution in [0.25, 0.3) is 0 Å². The molecule has 1 aromatic heterocycles. The minimum absolute atomic E-state index is 0.0403. The van der Waals surface area contributed by atoms with E-state index >= 15 is 0 Å². The summed E-state index contributed by atoms with van der Waals surface area (Å²) in [6, 6.07) is 9.00. The number of amides is 1. The van der Waals surface area contributed by atoms with Gasteiger partial charge in [-0.15, -0.1) is 0 Å². The van der Waals surface area contributed by atoms with Gasteiger partial charge in [-0.3, -0.25) is 4.79 Å². The number of nitrogens with one attached hydrogen (secondary N) is 1. The van der Waals surface area contributed by atoms with Crippen LogP contribution >= 0.6 is 11.6 Å². The van der Waals surface area contributed by atoms with Crippen molar-refractivity contribution in [3.63, 3.8) is 0 Å². The summed E-state index contributed by atoms with van der Waals surface area (Å²) in [5.74, 6) is 1.01. The first-order valence-corrected chi connectivity index (χ1v) is 8.15. The molecule has 2 aromatic rings. The Hall–Kier alpha value is -2.14. The molecule has 0 atom stereocenters. The summed E-state index contributed by atoms with van der Waals surface area (Å²) in [5.41, 5.74) is 1.12. The van der Waals surface area contributed by atoms with Gasteiger partial charge in [-0.05, 0) is 37.0 Å². The smallest absolute Gasteiger partial charge is 0.272 e. The predicted molar refractivity (Wildman–Crippen MR) is 91.1 cm³/mol. The van der Waals surface area contributed by atoms with E-state index in [1.54, 1.807) is 18.3 Å². The molecule has 0 bridgehead atoms. The fourth-order valence-corrected chi connectivity index (χ4v) is 2.78. The Morgan fingerprint density at radius 2 is 2.00 bits per heavy atom. The van der Waals surface area contributed by atoms with Crippen molar-refractivity contribution >= 4 is 29.1 Å². The minimum atomic E-state index is -0.0403. The Bertz CT molecular complexity index is 698. The predicted octanol–water partition coefficient (Wildman–Crippen LogP) is 3.75. The third-order valence-electron chi connectivity index (χ3n) is 4.07. The normalized spacial score (nSPS) is 15.5. The molecule has 2 heterocycles. The molecular weight excluding hydrogens is 312 g/mol. The number of halogens is 1. The van der Waals surface area contributed by atoms with Crippen molar-refractivity contribution in [1.82, 2.24) is 14.9 Å². The maximum Gasteiger partial charge on any atom is 0.272 e. The molecule has 0 radical (unpaired) electrons. The first-order chi connectivity index (χ1) is 11.1. The summed E-state index contributed by atoms with van der Waals surface area (Å²) in [6.45, 7) is 3.80. The fraction of sp³-hybridized carbons (Fsp3) is 0.353. The molecule has 1 N–H and O–H groups in total. The number of anilines is 2. The van der Waals surface area contributed by atoms with E-state index in [-0.39, 0.29) is 5.91 Å². The highest BCUT2D eigenvalue weighted by Crippen LogP contribution is 2.23. The van der Waals surface area contributed by atoms with Gasteiger partial charge in [0.25, 0.3) is 5.91 Å². The van der Waals surface area contributed by atoms with Crippen LogP contribution in [0.1, 0.15) is 30.3 Å². The van der Waals surface area contributed by atoms with E-state index in [1.165, 1.54) is 0 Å². The van der Waals surface area contributed by atoms with Gasteiger partial charge in [-0.1, -0.05) is 30.7 Å². The molecular formula is C17H19ClN4O. The summed E-state index contributed by atoms with van der Waals surface area (Å²) in [6.07, 6.45) is 3.68. The first kappa shape index (κ1) is 15.7. The average molecular weight is 331 g/mol. The Labute approximate surface area is 140 Å². The molecule has 23 heavy (non-hydrogen) atoms. The van der Waals surface area contributed by atoms with Gasteiger partial charge in [0.15, 0.2) is 0 Å². The van der Waals surface area contributed by atoms with Gasteiger partial charge in [0.1, 0.15) is 5.69 Å². The number of aromatic nitrogens is 2. The number of likely N-dealkylation sites (tertiary alicyclic amines) is 1. The van der Waals surface area contributed by atoms with Gasteiger partial charge in [0.2, 0.25) is 5.95 Å². The highest BCUT2D eigenvalue weighted by molar-refractivity contribution is 6.33. The number of rotatable bonds is 3. The molecule has 1 aromatic carbocycles. The molecule has 1 aliphatic rings. The molecule has 1 aliphatic heterocycles. The summed E-state index contributed by atoms with van der Waals surface area (Å²) >= 11 is 6.12. The number of nitrogens with zero attached hydrogens (tertiary/aromatic N) is 3. The zero-order chi connectivity index (χ0) is 16.2. The third-order valence-corrected chi connectivity index (χ3v) is 4.40. The summed E-state index contributed by atoms with van der Waals surface area (Å²) in [7, 11) is 0. The molecule has 0 spiro atoms. The van der Waals surface area contributed by atoms with Crippen molar-refractivity contribution in [1.29, 1.82) is 0 Å². The summed E-state index contributed by atoms with van der Waals surface area (Å²) in [4.78, 5) is 22.9. The largest absolute Gasteiger partial charge is 0.337 e. The van der Waals surface area contributed by atoms with E-state index in [4.69, 9.17) is 11.6 Å². The fourth-order valence-electron chi connectivity index (χ4n) is 2.59. The quantitative estimate of drug-likeness (QED) is 0.931. The van der Waals surface area contributed by atoms with Crippen LogP contribution in [0.4, 0.5) is 11.6 Å². The van der Waals surface area contributed by atoms with E-state index in [1.807, 2.05) is 23.1 Å². The number of benzene rings is 1. The minimum Gasteiger partial charge on any atom is -0.337 e. The lowest BCUT2D eigenvalue weighted by Gasteiger charge is -2.30. The highest BCUT2D eigenvalue weighted by atomic mass is 35.5. The van der Waals surface area contributed by atoms with Gasteiger partial charge < -0.3 is 10.2 Å². The first-order valence-electron chi connectivity index (χ1n) is 7.77. The molecule has 0 aliphatic carbocycles. The topological polar surface area (TPSA) is 58.1 Å². The second kappa shape index (κ2) is 6.96. The molecule has 5 nitrogen and oxygen atoms in total. The van der Waals surface area contributed by atoms with Gasteiger partial charge >= 0.3 is 0 Å². The summed E-state index contributed by atoms with van der Waals surface area (Å²) < 4.78 is 0. The Morgan fingerprint density at radius 3 is 2.74 bits per heavy atom. The van der Waals surface area contributed by atoms with Gasteiger partial charge in [-0.2, -0.15) is 0 Å². The van der Waals surface area contributed by atoms with Gasteiger partial charge in [0.05, 0.1) is 10.7 Å². The van der Waals surface area contributed by atoms with Gasteiger partial charge in [-0.25, -0.2) is 9.97 Å². The maximum absolute atomic E-state index is 12.6. The molecule has 0 unspecified atom stereocenters. The Kier molecular flexibility index (Phi) is 4.76. The lowest BCUT2D eigenvalue weighted by molar-refractivity contribution is 0.0691. The third kappa shape index (κ3) is 3.79. The molecule has 3 rings (SSSR count). The van der Waals surface area contributed by atoms with Gasteiger partial charge in [0, 0.05) is 19.3 Å². The zero-order valence-electron chi connectivity index (χ0n) is 13.0. The van der Waals surface area contributed by atoms with Crippen molar-refractivity contribution < 1.29 is 4.79 Å². The number of piperidine rings is 1. The van der Waals surface area contributed by atoms with E-state index in [0.29, 0.717) is 28.3 Å². The van der Waals surface area contributed by atoms with Crippen molar-refractivity contribution in [2.75, 3.05) is 18.4 Å². The monoisotopic (exact) mass is 330 g/mol. The second-order valence-electron chi connectivity index (χ2n) is 5.85. The molecule has 6 heteroatoms. The number of carbonyl (C=O) groups is 1. The molecule has 1 fully saturated rings. The lowest BCUT2D eigenvalue weighted by Crippen LogP contribution is -2.38. The van der Waals surface area contributed by atoms with E-state index < -0.39 is 0 Å². The van der Waals surface area contributed by atoms with E-state index in [2.05, 4.69) is 22.2 Å².